The number of phenolic OH excluding ortho intramolecular Hbond substituents is 1. The van der Waals surface area contributed by atoms with Crippen molar-refractivity contribution in [1.82, 2.24) is 9.62 Å². The van der Waals surface area contributed by atoms with Gasteiger partial charge in [0.25, 0.3) is 5.91 Å². The van der Waals surface area contributed by atoms with E-state index < -0.39 is 15.9 Å². The van der Waals surface area contributed by atoms with Gasteiger partial charge in [-0.15, -0.1) is 0 Å². The zero-order valence-electron chi connectivity index (χ0n) is 19.6. The zero-order chi connectivity index (χ0) is 25.2. The van der Waals surface area contributed by atoms with Crippen LogP contribution in [0.2, 0.25) is 0 Å². The summed E-state index contributed by atoms with van der Waals surface area (Å²) >= 11 is 0. The third kappa shape index (κ3) is 5.98. The largest absolute Gasteiger partial charge is 0.508 e. The molecule has 1 heterocycles. The number of nitrogens with zero attached hydrogens (tertiary/aromatic N) is 2. The Labute approximate surface area is 204 Å². The van der Waals surface area contributed by atoms with Gasteiger partial charge in [-0.25, -0.2) is 17.5 Å². The number of piperazine rings is 1. The molecule has 2 N–H and O–H groups in total. The van der Waals surface area contributed by atoms with Crippen molar-refractivity contribution in [3.63, 3.8) is 0 Å². The molecule has 0 aliphatic carbocycles. The number of halogens is 1. The Morgan fingerprint density at radius 1 is 0.971 bits per heavy atom. The number of carbonyl (C=O) groups is 1. The third-order valence-electron chi connectivity index (χ3n) is 6.26. The van der Waals surface area contributed by atoms with Crippen LogP contribution in [0.3, 0.4) is 0 Å². The van der Waals surface area contributed by atoms with Gasteiger partial charge >= 0.3 is 0 Å². The van der Waals surface area contributed by atoms with Gasteiger partial charge in [-0.05, 0) is 60.5 Å². The molecule has 3 aromatic rings. The number of rotatable bonds is 6. The van der Waals surface area contributed by atoms with Crippen LogP contribution in [-0.4, -0.2) is 56.8 Å². The molecule has 0 radical (unpaired) electrons. The third-order valence-corrected chi connectivity index (χ3v) is 6.82. The van der Waals surface area contributed by atoms with Crippen molar-refractivity contribution in [3.8, 4) is 16.9 Å². The van der Waals surface area contributed by atoms with Crippen LogP contribution < -0.4 is 9.62 Å². The average Bonchev–Trinajstić information content (AvgIpc) is 2.83. The lowest BCUT2D eigenvalue weighted by Crippen LogP contribution is -2.47. The maximum absolute atomic E-state index is 15.0. The van der Waals surface area contributed by atoms with Gasteiger partial charge < -0.3 is 10.0 Å². The minimum Gasteiger partial charge on any atom is -0.508 e. The highest BCUT2D eigenvalue weighted by molar-refractivity contribution is 7.89. The van der Waals surface area contributed by atoms with Gasteiger partial charge in [-0.2, -0.15) is 0 Å². The van der Waals surface area contributed by atoms with Gasteiger partial charge in [0.1, 0.15) is 11.6 Å². The van der Waals surface area contributed by atoms with Crippen molar-refractivity contribution < 1.29 is 22.7 Å². The highest BCUT2D eigenvalue weighted by Gasteiger charge is 2.24. The van der Waals surface area contributed by atoms with E-state index in [2.05, 4.69) is 9.80 Å². The number of nitrogens with one attached hydrogen (secondary N) is 1. The van der Waals surface area contributed by atoms with Crippen LogP contribution in [0.4, 0.5) is 10.1 Å². The monoisotopic (exact) mass is 497 g/mol. The van der Waals surface area contributed by atoms with E-state index in [9.17, 15) is 18.3 Å². The molecule has 0 spiro atoms. The second kappa shape index (κ2) is 10.1. The molecular formula is C26H28FN3O4S. The van der Waals surface area contributed by atoms with E-state index in [4.69, 9.17) is 0 Å². The molecule has 0 aromatic heterocycles. The number of carbonyl (C=O) groups excluding carboxylic acids is 1. The molecule has 1 atom stereocenters. The van der Waals surface area contributed by atoms with Gasteiger partial charge in [0, 0.05) is 49.0 Å². The van der Waals surface area contributed by atoms with Crippen LogP contribution in [0.5, 0.6) is 5.75 Å². The van der Waals surface area contributed by atoms with E-state index in [1.165, 1.54) is 6.07 Å². The van der Waals surface area contributed by atoms with Crippen molar-refractivity contribution in [2.24, 2.45) is 0 Å². The topological polar surface area (TPSA) is 89.9 Å². The summed E-state index contributed by atoms with van der Waals surface area (Å²) in [6.45, 7) is 4.96. The van der Waals surface area contributed by atoms with Gasteiger partial charge in [0.05, 0.1) is 6.26 Å². The number of hydrogen-bond acceptors (Lipinski definition) is 6. The number of aromatic hydroxyl groups is 1. The predicted molar refractivity (Wildman–Crippen MR) is 134 cm³/mol. The SMILES string of the molecule is CC(c1ccc(-c2cccc(O)c2)cc1F)N1CCN(c2ccc(C(=O)NS(C)(=O)=O)cc2)CC1. The normalized spacial score (nSPS) is 15.6. The van der Waals surface area contributed by atoms with Crippen molar-refractivity contribution in [2.75, 3.05) is 37.3 Å². The number of sulfonamides is 1. The number of amides is 1. The van der Waals surface area contributed by atoms with Gasteiger partial charge in [-0.3, -0.25) is 9.69 Å². The van der Waals surface area contributed by atoms with Crippen molar-refractivity contribution in [3.05, 3.63) is 83.7 Å². The summed E-state index contributed by atoms with van der Waals surface area (Å²) in [5.74, 6) is -0.788. The van der Waals surface area contributed by atoms with E-state index >= 15 is 4.39 Å². The number of phenols is 1. The van der Waals surface area contributed by atoms with Gasteiger partial charge in [0.2, 0.25) is 10.0 Å². The van der Waals surface area contributed by atoms with Gasteiger partial charge in [0.15, 0.2) is 0 Å². The van der Waals surface area contributed by atoms with Crippen molar-refractivity contribution in [2.45, 2.75) is 13.0 Å². The molecule has 7 nitrogen and oxygen atoms in total. The molecule has 1 aliphatic rings. The van der Waals surface area contributed by atoms with E-state index in [0.717, 1.165) is 43.7 Å². The molecule has 1 fully saturated rings. The molecule has 1 unspecified atom stereocenters. The number of anilines is 1. The summed E-state index contributed by atoms with van der Waals surface area (Å²) in [4.78, 5) is 16.4. The molecule has 1 amide bonds. The molecule has 184 valence electrons. The lowest BCUT2D eigenvalue weighted by molar-refractivity contribution is 0.0981. The molecular weight excluding hydrogens is 469 g/mol. The fourth-order valence-corrected chi connectivity index (χ4v) is 4.80. The summed E-state index contributed by atoms with van der Waals surface area (Å²) in [5, 5.41) is 9.69. The Hall–Kier alpha value is -3.43. The van der Waals surface area contributed by atoms with E-state index in [1.807, 2.05) is 29.8 Å². The summed E-state index contributed by atoms with van der Waals surface area (Å²) in [6.07, 6.45) is 0.939. The second-order valence-electron chi connectivity index (χ2n) is 8.74. The smallest absolute Gasteiger partial charge is 0.264 e. The maximum Gasteiger partial charge on any atom is 0.264 e. The average molecular weight is 498 g/mol. The van der Waals surface area contributed by atoms with E-state index in [-0.39, 0.29) is 23.2 Å². The van der Waals surface area contributed by atoms with Crippen LogP contribution in [0, 0.1) is 5.82 Å². The molecule has 1 saturated heterocycles. The second-order valence-corrected chi connectivity index (χ2v) is 10.5. The first kappa shape index (κ1) is 24.7. The van der Waals surface area contributed by atoms with Gasteiger partial charge in [-0.1, -0.05) is 24.3 Å². The quantitative estimate of drug-likeness (QED) is 0.539. The van der Waals surface area contributed by atoms with Crippen LogP contribution >= 0.6 is 0 Å². The van der Waals surface area contributed by atoms with Crippen molar-refractivity contribution >= 4 is 21.6 Å². The van der Waals surface area contributed by atoms with Crippen molar-refractivity contribution in [1.29, 1.82) is 0 Å². The molecule has 0 saturated carbocycles. The fraction of sp³-hybridized carbons (Fsp3) is 0.269. The lowest BCUT2D eigenvalue weighted by atomic mass is 9.99. The number of hydrogen-bond donors (Lipinski definition) is 2. The minimum atomic E-state index is -3.61. The maximum atomic E-state index is 15.0. The van der Waals surface area contributed by atoms with E-state index in [1.54, 1.807) is 42.5 Å². The molecule has 35 heavy (non-hydrogen) atoms. The van der Waals surface area contributed by atoms with Crippen LogP contribution in [0.25, 0.3) is 11.1 Å². The first-order chi connectivity index (χ1) is 16.6. The highest BCUT2D eigenvalue weighted by atomic mass is 32.2. The lowest BCUT2D eigenvalue weighted by Gasteiger charge is -2.39. The Bertz CT molecular complexity index is 1320. The summed E-state index contributed by atoms with van der Waals surface area (Å²) in [6, 6.07) is 18.7. The van der Waals surface area contributed by atoms with Crippen LogP contribution in [-0.2, 0) is 10.0 Å². The Morgan fingerprint density at radius 3 is 2.23 bits per heavy atom. The summed E-state index contributed by atoms with van der Waals surface area (Å²) in [5.41, 5.74) is 3.32. The molecule has 9 heteroatoms. The van der Waals surface area contributed by atoms with E-state index in [0.29, 0.717) is 11.1 Å². The van der Waals surface area contributed by atoms with Crippen LogP contribution in [0.1, 0.15) is 28.9 Å². The fourth-order valence-electron chi connectivity index (χ4n) is 4.35. The first-order valence-corrected chi connectivity index (χ1v) is 13.2. The highest BCUT2D eigenvalue weighted by Crippen LogP contribution is 2.30. The minimum absolute atomic E-state index is 0.0996. The summed E-state index contributed by atoms with van der Waals surface area (Å²) in [7, 11) is -3.61. The summed E-state index contributed by atoms with van der Waals surface area (Å²) < 4.78 is 39.5. The van der Waals surface area contributed by atoms with Crippen LogP contribution in [0.15, 0.2) is 66.7 Å². The molecule has 0 bridgehead atoms. The standard InChI is InChI=1S/C26H28FN3O4S/c1-18(24-11-8-21(17-25(24)27)20-4-3-5-23(31)16-20)29-12-14-30(15-13-29)22-9-6-19(7-10-22)26(32)28-35(2,33)34/h3-11,16-18,31H,12-15H2,1-2H3,(H,28,32). The Kier molecular flexibility index (Phi) is 7.09. The predicted octanol–water partition coefficient (Wildman–Crippen LogP) is 3.77. The molecule has 3 aromatic carbocycles. The zero-order valence-corrected chi connectivity index (χ0v) is 20.4. The Morgan fingerprint density at radius 2 is 1.63 bits per heavy atom. The first-order valence-electron chi connectivity index (χ1n) is 11.3. The number of benzene rings is 3. The Balaban J connectivity index is 1.38. The molecule has 1 aliphatic heterocycles. The molecule has 4 rings (SSSR count).